The van der Waals surface area contributed by atoms with Crippen LogP contribution < -0.4 is 0 Å². The molecule has 0 aromatic carbocycles. The first-order chi connectivity index (χ1) is 5.27. The summed E-state index contributed by atoms with van der Waals surface area (Å²) in [5.74, 6) is 0.646. The maximum Gasteiger partial charge on any atom is 0.113 e. The molecule has 2 rings (SSSR count). The van der Waals surface area contributed by atoms with Crippen LogP contribution in [0.3, 0.4) is 0 Å². The van der Waals surface area contributed by atoms with Crippen molar-refractivity contribution in [3.63, 3.8) is 0 Å². The fourth-order valence-electron chi connectivity index (χ4n) is 2.53. The van der Waals surface area contributed by atoms with Crippen molar-refractivity contribution in [1.82, 2.24) is 4.90 Å². The average Bonchev–Trinajstić information content (AvgIpc) is 1.92. The Morgan fingerprint density at radius 3 is 3.00 bits per heavy atom. The Morgan fingerprint density at radius 2 is 2.27 bits per heavy atom. The quantitative estimate of drug-likeness (QED) is 0.518. The summed E-state index contributed by atoms with van der Waals surface area (Å²) < 4.78 is 13.0. The van der Waals surface area contributed by atoms with Crippen molar-refractivity contribution < 1.29 is 4.39 Å². The average molecular weight is 157 g/mol. The molecular weight excluding hydrogens is 141 g/mol. The number of halogens is 1. The second-order valence-corrected chi connectivity index (χ2v) is 3.97. The molecule has 0 saturated carbocycles. The lowest BCUT2D eigenvalue weighted by molar-refractivity contribution is 0.0134. The first kappa shape index (κ1) is 7.53. The molecule has 2 saturated heterocycles. The Kier molecular flexibility index (Phi) is 1.88. The lowest BCUT2D eigenvalue weighted by Gasteiger charge is -2.44. The first-order valence-corrected chi connectivity index (χ1v) is 4.65. The van der Waals surface area contributed by atoms with Crippen LogP contribution in [-0.4, -0.2) is 30.2 Å². The molecule has 2 aliphatic rings. The molecule has 0 N–H and O–H groups in total. The number of piperidine rings is 2. The van der Waals surface area contributed by atoms with E-state index in [0.29, 0.717) is 18.5 Å². The lowest BCUT2D eigenvalue weighted by atomic mass is 9.82. The van der Waals surface area contributed by atoms with Crippen molar-refractivity contribution in [3.05, 3.63) is 0 Å². The van der Waals surface area contributed by atoms with Gasteiger partial charge in [0.15, 0.2) is 0 Å². The molecule has 2 fully saturated rings. The molecule has 0 aliphatic carbocycles. The second-order valence-electron chi connectivity index (χ2n) is 3.97. The molecule has 2 aliphatic heterocycles. The molecule has 4 atom stereocenters. The highest BCUT2D eigenvalue weighted by molar-refractivity contribution is 4.89. The third kappa shape index (κ3) is 1.28. The molecule has 0 amide bonds. The van der Waals surface area contributed by atoms with E-state index in [1.807, 2.05) is 0 Å². The van der Waals surface area contributed by atoms with E-state index in [-0.39, 0.29) is 0 Å². The second kappa shape index (κ2) is 2.74. The molecule has 0 aromatic heterocycles. The highest BCUT2D eigenvalue weighted by atomic mass is 19.1. The third-order valence-electron chi connectivity index (χ3n) is 3.27. The maximum absolute atomic E-state index is 13.0. The van der Waals surface area contributed by atoms with Crippen LogP contribution in [0.15, 0.2) is 0 Å². The summed E-state index contributed by atoms with van der Waals surface area (Å²) in [6.45, 7) is 4.06. The van der Waals surface area contributed by atoms with Gasteiger partial charge in [-0.25, -0.2) is 4.39 Å². The summed E-state index contributed by atoms with van der Waals surface area (Å²) in [5.41, 5.74) is 0. The van der Waals surface area contributed by atoms with Gasteiger partial charge in [-0.1, -0.05) is 0 Å². The first-order valence-electron chi connectivity index (χ1n) is 4.65. The smallest absolute Gasteiger partial charge is 0.113 e. The van der Waals surface area contributed by atoms with Gasteiger partial charge in [0, 0.05) is 12.6 Å². The molecule has 2 heterocycles. The fraction of sp³-hybridized carbons (Fsp3) is 1.00. The minimum Gasteiger partial charge on any atom is -0.298 e. The van der Waals surface area contributed by atoms with Crippen molar-refractivity contribution in [3.8, 4) is 0 Å². The standard InChI is InChI=1S/C9H16FN/c1-7-8-3-2-4-11(7)6-9(10)5-8/h7-9H,2-6H2,1H3/t7?,8?,9-/m1/s1. The van der Waals surface area contributed by atoms with Gasteiger partial charge in [0.05, 0.1) is 0 Å². The number of alkyl halides is 1. The molecule has 0 spiro atoms. The number of fused-ring (bicyclic) bond motifs is 2. The number of hydrogen-bond donors (Lipinski definition) is 0. The highest BCUT2D eigenvalue weighted by Gasteiger charge is 2.35. The Labute approximate surface area is 67.6 Å². The molecular formula is C9H16FN. The monoisotopic (exact) mass is 157 g/mol. The van der Waals surface area contributed by atoms with E-state index in [0.717, 1.165) is 13.0 Å². The van der Waals surface area contributed by atoms with Crippen molar-refractivity contribution in [1.29, 1.82) is 0 Å². The van der Waals surface area contributed by atoms with E-state index >= 15 is 0 Å². The van der Waals surface area contributed by atoms with Gasteiger partial charge in [-0.3, -0.25) is 4.90 Å². The van der Waals surface area contributed by atoms with Crippen LogP contribution in [0.5, 0.6) is 0 Å². The number of hydrogen-bond acceptors (Lipinski definition) is 1. The van der Waals surface area contributed by atoms with Gasteiger partial charge in [-0.05, 0) is 38.6 Å². The summed E-state index contributed by atoms with van der Waals surface area (Å²) >= 11 is 0. The van der Waals surface area contributed by atoms with Crippen LogP contribution in [0.1, 0.15) is 26.2 Å². The van der Waals surface area contributed by atoms with Gasteiger partial charge in [0.2, 0.25) is 0 Å². The molecule has 11 heavy (non-hydrogen) atoms. The topological polar surface area (TPSA) is 3.24 Å². The van der Waals surface area contributed by atoms with Crippen LogP contribution in [-0.2, 0) is 0 Å². The Balaban J connectivity index is 2.07. The van der Waals surface area contributed by atoms with Crippen LogP contribution >= 0.6 is 0 Å². The van der Waals surface area contributed by atoms with Crippen molar-refractivity contribution in [2.24, 2.45) is 5.92 Å². The minimum atomic E-state index is -0.545. The van der Waals surface area contributed by atoms with Gasteiger partial charge in [-0.2, -0.15) is 0 Å². The van der Waals surface area contributed by atoms with Gasteiger partial charge >= 0.3 is 0 Å². The predicted molar refractivity (Wildman–Crippen MR) is 43.3 cm³/mol. The Bertz CT molecular complexity index is 134. The maximum atomic E-state index is 13.0. The van der Waals surface area contributed by atoms with Crippen LogP contribution in [0.4, 0.5) is 4.39 Å². The van der Waals surface area contributed by atoms with Crippen LogP contribution in [0.2, 0.25) is 0 Å². The fourth-order valence-corrected chi connectivity index (χ4v) is 2.53. The summed E-state index contributed by atoms with van der Waals surface area (Å²) in [6, 6.07) is 0.649. The molecule has 0 aromatic rings. The number of nitrogens with zero attached hydrogens (tertiary/aromatic N) is 1. The Morgan fingerprint density at radius 1 is 1.45 bits per heavy atom. The number of rotatable bonds is 0. The normalized spacial score (nSPS) is 50.7. The van der Waals surface area contributed by atoms with Gasteiger partial charge in [0.1, 0.15) is 6.17 Å². The summed E-state index contributed by atoms with van der Waals surface area (Å²) in [5, 5.41) is 0. The Hall–Kier alpha value is -0.110. The van der Waals surface area contributed by atoms with E-state index in [1.165, 1.54) is 12.8 Å². The van der Waals surface area contributed by atoms with E-state index in [2.05, 4.69) is 11.8 Å². The van der Waals surface area contributed by atoms with Gasteiger partial charge in [0.25, 0.3) is 0 Å². The zero-order valence-corrected chi connectivity index (χ0v) is 7.09. The van der Waals surface area contributed by atoms with Crippen molar-refractivity contribution >= 4 is 0 Å². The van der Waals surface area contributed by atoms with Gasteiger partial charge in [-0.15, -0.1) is 0 Å². The minimum absolute atomic E-state index is 0.545. The molecule has 0 radical (unpaired) electrons. The third-order valence-corrected chi connectivity index (χ3v) is 3.27. The SMILES string of the molecule is CC1C2CCCN1C[C@H](F)C2. The lowest BCUT2D eigenvalue weighted by Crippen LogP contribution is -2.51. The zero-order valence-electron chi connectivity index (χ0n) is 7.09. The predicted octanol–water partition coefficient (Wildman–Crippen LogP) is 1.83. The van der Waals surface area contributed by atoms with Crippen molar-refractivity contribution in [2.75, 3.05) is 13.1 Å². The van der Waals surface area contributed by atoms with E-state index in [9.17, 15) is 4.39 Å². The zero-order chi connectivity index (χ0) is 7.84. The highest BCUT2D eigenvalue weighted by Crippen LogP contribution is 2.32. The summed E-state index contributed by atoms with van der Waals surface area (Å²) in [7, 11) is 0. The molecule has 1 nitrogen and oxygen atoms in total. The summed E-state index contributed by atoms with van der Waals surface area (Å²) in [4.78, 5) is 2.31. The van der Waals surface area contributed by atoms with E-state index in [4.69, 9.17) is 0 Å². The largest absolute Gasteiger partial charge is 0.298 e. The molecule has 64 valence electrons. The summed E-state index contributed by atoms with van der Waals surface area (Å²) in [6.07, 6.45) is 2.80. The van der Waals surface area contributed by atoms with Crippen LogP contribution in [0.25, 0.3) is 0 Å². The van der Waals surface area contributed by atoms with Gasteiger partial charge < -0.3 is 0 Å². The van der Waals surface area contributed by atoms with Crippen LogP contribution in [0, 0.1) is 5.92 Å². The molecule has 2 bridgehead atoms. The van der Waals surface area contributed by atoms with E-state index < -0.39 is 6.17 Å². The van der Waals surface area contributed by atoms with Crippen molar-refractivity contribution in [2.45, 2.75) is 38.4 Å². The van der Waals surface area contributed by atoms with E-state index in [1.54, 1.807) is 0 Å². The molecule has 2 heteroatoms. The molecule has 3 unspecified atom stereocenters.